The molecular formula is C35H33NO6. The predicted molar refractivity (Wildman–Crippen MR) is 160 cm³/mol. The molecule has 0 amide bonds. The molecule has 1 aliphatic heterocycles. The molecule has 7 nitrogen and oxygen atoms in total. The highest BCUT2D eigenvalue weighted by Crippen LogP contribution is 2.43. The second-order valence-corrected chi connectivity index (χ2v) is 10.4. The lowest BCUT2D eigenvalue weighted by Gasteiger charge is -2.37. The van der Waals surface area contributed by atoms with E-state index in [0.717, 1.165) is 45.4 Å². The smallest absolute Gasteiger partial charge is 0.152 e. The number of methoxy groups -OCH3 is 2. The van der Waals surface area contributed by atoms with Gasteiger partial charge in [-0.3, -0.25) is 4.79 Å². The lowest BCUT2D eigenvalue weighted by molar-refractivity contribution is -0.0929. The monoisotopic (exact) mass is 563 g/mol. The molecule has 0 saturated carbocycles. The minimum atomic E-state index is -1.02. The standard InChI is InChI=1S/C35H33NO6/c1-39-28-16-12-26(13-17-28)35(25-8-4-3-5-9-25,27-14-18-29(40-2)19-15-27)41-23-33-32(38)20-34(42-33)36-21-24(22-37)30-10-6-7-11-31(30)36/h3-19,21-22,32-34,38H,20,23H2,1-2H3/t32-,33+,34+/m0/s1. The quantitative estimate of drug-likeness (QED) is 0.163. The number of para-hydroxylation sites is 1. The third-order valence-corrected chi connectivity index (χ3v) is 8.05. The normalized spacial score (nSPS) is 18.7. The molecule has 0 bridgehead atoms. The number of aliphatic hydroxyl groups is 1. The summed E-state index contributed by atoms with van der Waals surface area (Å²) in [7, 11) is 3.28. The van der Waals surface area contributed by atoms with E-state index in [1.807, 2.05) is 108 Å². The fraction of sp³-hybridized carbons (Fsp3) is 0.229. The Kier molecular flexibility index (Phi) is 7.80. The number of aldehydes is 1. The highest BCUT2D eigenvalue weighted by atomic mass is 16.6. The number of rotatable bonds is 10. The first-order valence-electron chi connectivity index (χ1n) is 13.9. The molecule has 6 rings (SSSR count). The molecule has 0 spiro atoms. The number of carbonyl (C=O) groups excluding carboxylic acids is 1. The van der Waals surface area contributed by atoms with Crippen molar-refractivity contribution in [3.63, 3.8) is 0 Å². The van der Waals surface area contributed by atoms with Crippen molar-refractivity contribution in [3.05, 3.63) is 132 Å². The first-order valence-corrected chi connectivity index (χ1v) is 13.9. The summed E-state index contributed by atoms with van der Waals surface area (Å²) in [5.74, 6) is 1.47. The van der Waals surface area contributed by atoms with Crippen LogP contribution in [-0.4, -0.2) is 49.0 Å². The van der Waals surface area contributed by atoms with Gasteiger partial charge in [0.25, 0.3) is 0 Å². The summed E-state index contributed by atoms with van der Waals surface area (Å²) in [6, 6.07) is 33.4. The highest BCUT2D eigenvalue weighted by Gasteiger charge is 2.42. The van der Waals surface area contributed by atoms with Crippen molar-refractivity contribution in [1.82, 2.24) is 4.57 Å². The van der Waals surface area contributed by atoms with Crippen molar-refractivity contribution in [2.75, 3.05) is 20.8 Å². The second kappa shape index (κ2) is 11.8. The number of aliphatic hydroxyl groups excluding tert-OH is 1. The van der Waals surface area contributed by atoms with E-state index in [1.54, 1.807) is 20.4 Å². The molecule has 0 unspecified atom stereocenters. The van der Waals surface area contributed by atoms with Crippen molar-refractivity contribution < 1.29 is 28.8 Å². The summed E-state index contributed by atoms with van der Waals surface area (Å²) >= 11 is 0. The van der Waals surface area contributed by atoms with Gasteiger partial charge in [0.15, 0.2) is 6.29 Å². The lowest BCUT2D eigenvalue weighted by atomic mass is 9.80. The summed E-state index contributed by atoms with van der Waals surface area (Å²) < 4.78 is 26.2. The Hall–Kier alpha value is -4.43. The SMILES string of the molecule is COc1ccc(C(OC[C@H]2O[C@@H](n3cc(C=O)c4ccccc43)C[C@@H]2O)(c2ccccc2)c2ccc(OC)cc2)cc1. The molecule has 214 valence electrons. The Labute approximate surface area is 244 Å². The minimum Gasteiger partial charge on any atom is -0.497 e. The Morgan fingerprint density at radius 3 is 2.00 bits per heavy atom. The first-order chi connectivity index (χ1) is 20.6. The van der Waals surface area contributed by atoms with Gasteiger partial charge in [0.1, 0.15) is 29.4 Å². The Balaban J connectivity index is 1.37. The van der Waals surface area contributed by atoms with E-state index < -0.39 is 24.0 Å². The topological polar surface area (TPSA) is 79.2 Å². The van der Waals surface area contributed by atoms with E-state index in [0.29, 0.717) is 12.0 Å². The van der Waals surface area contributed by atoms with E-state index in [1.165, 1.54) is 0 Å². The van der Waals surface area contributed by atoms with E-state index in [4.69, 9.17) is 18.9 Å². The molecule has 2 heterocycles. The van der Waals surface area contributed by atoms with Crippen LogP contribution in [0.3, 0.4) is 0 Å². The van der Waals surface area contributed by atoms with Crippen LogP contribution < -0.4 is 9.47 Å². The predicted octanol–water partition coefficient (Wildman–Crippen LogP) is 6.13. The number of hydrogen-bond acceptors (Lipinski definition) is 6. The number of benzene rings is 4. The van der Waals surface area contributed by atoms with E-state index in [-0.39, 0.29) is 6.61 Å². The molecule has 42 heavy (non-hydrogen) atoms. The number of aromatic nitrogens is 1. The van der Waals surface area contributed by atoms with Gasteiger partial charge in [-0.05, 0) is 47.0 Å². The fourth-order valence-corrected chi connectivity index (χ4v) is 5.88. The molecule has 3 atom stereocenters. The van der Waals surface area contributed by atoms with Gasteiger partial charge in [-0.1, -0.05) is 72.8 Å². The molecule has 1 fully saturated rings. The summed E-state index contributed by atoms with van der Waals surface area (Å²) in [5.41, 5.74) is 3.17. The van der Waals surface area contributed by atoms with Crippen LogP contribution >= 0.6 is 0 Å². The Bertz CT molecular complexity index is 1600. The van der Waals surface area contributed by atoms with Gasteiger partial charge >= 0.3 is 0 Å². The number of ether oxygens (including phenoxy) is 4. The maximum absolute atomic E-state index is 11.7. The molecule has 1 N–H and O–H groups in total. The lowest BCUT2D eigenvalue weighted by Crippen LogP contribution is -2.38. The van der Waals surface area contributed by atoms with Crippen molar-refractivity contribution in [3.8, 4) is 11.5 Å². The summed E-state index contributed by atoms with van der Waals surface area (Å²) in [4.78, 5) is 11.7. The van der Waals surface area contributed by atoms with Gasteiger partial charge in [0.2, 0.25) is 0 Å². The number of hydrogen-bond donors (Lipinski definition) is 1. The average molecular weight is 564 g/mol. The van der Waals surface area contributed by atoms with E-state index >= 15 is 0 Å². The summed E-state index contributed by atoms with van der Waals surface area (Å²) in [6.07, 6.45) is 1.20. The largest absolute Gasteiger partial charge is 0.497 e. The van der Waals surface area contributed by atoms with Crippen LogP contribution in [0.4, 0.5) is 0 Å². The first kappa shape index (κ1) is 27.7. The van der Waals surface area contributed by atoms with Gasteiger partial charge < -0.3 is 28.6 Å². The zero-order valence-electron chi connectivity index (χ0n) is 23.6. The maximum atomic E-state index is 11.7. The van der Waals surface area contributed by atoms with Crippen LogP contribution in [0.25, 0.3) is 10.9 Å². The van der Waals surface area contributed by atoms with Gasteiger partial charge in [-0.2, -0.15) is 0 Å². The molecule has 1 saturated heterocycles. The van der Waals surface area contributed by atoms with Crippen molar-refractivity contribution >= 4 is 17.2 Å². The third-order valence-electron chi connectivity index (χ3n) is 8.05. The molecule has 5 aromatic rings. The second-order valence-electron chi connectivity index (χ2n) is 10.4. The van der Waals surface area contributed by atoms with Crippen molar-refractivity contribution in [2.45, 2.75) is 30.5 Å². The van der Waals surface area contributed by atoms with Gasteiger partial charge in [0, 0.05) is 23.6 Å². The molecule has 1 aliphatic rings. The fourth-order valence-electron chi connectivity index (χ4n) is 5.88. The third kappa shape index (κ3) is 4.96. The van der Waals surface area contributed by atoms with Gasteiger partial charge in [-0.15, -0.1) is 0 Å². The van der Waals surface area contributed by atoms with Crippen LogP contribution in [0.1, 0.15) is 39.7 Å². The van der Waals surface area contributed by atoms with Gasteiger partial charge in [0.05, 0.1) is 32.4 Å². The van der Waals surface area contributed by atoms with Crippen molar-refractivity contribution in [2.24, 2.45) is 0 Å². The van der Waals surface area contributed by atoms with E-state index in [2.05, 4.69) is 0 Å². The molecule has 7 heteroatoms. The highest BCUT2D eigenvalue weighted by molar-refractivity contribution is 5.97. The van der Waals surface area contributed by atoms with Crippen LogP contribution in [0.5, 0.6) is 11.5 Å². The zero-order valence-corrected chi connectivity index (χ0v) is 23.6. The summed E-state index contributed by atoms with van der Waals surface area (Å²) in [6.45, 7) is 0.115. The van der Waals surface area contributed by atoms with Crippen LogP contribution in [0.15, 0.2) is 109 Å². The maximum Gasteiger partial charge on any atom is 0.152 e. The Morgan fingerprint density at radius 1 is 0.833 bits per heavy atom. The zero-order chi connectivity index (χ0) is 29.1. The molecule has 0 radical (unpaired) electrons. The van der Waals surface area contributed by atoms with E-state index in [9.17, 15) is 9.90 Å². The minimum absolute atomic E-state index is 0.115. The van der Waals surface area contributed by atoms with Gasteiger partial charge in [-0.25, -0.2) is 0 Å². The number of carbonyl (C=O) groups is 1. The molecular weight excluding hydrogens is 530 g/mol. The van der Waals surface area contributed by atoms with Crippen LogP contribution in [0.2, 0.25) is 0 Å². The van der Waals surface area contributed by atoms with Crippen LogP contribution in [-0.2, 0) is 15.1 Å². The number of fused-ring (bicyclic) bond motifs is 1. The van der Waals surface area contributed by atoms with Crippen molar-refractivity contribution in [1.29, 1.82) is 0 Å². The van der Waals surface area contributed by atoms with Crippen LogP contribution in [0, 0.1) is 0 Å². The Morgan fingerprint density at radius 2 is 1.40 bits per heavy atom. The molecule has 0 aliphatic carbocycles. The number of nitrogens with zero attached hydrogens (tertiary/aromatic N) is 1. The molecule has 4 aromatic carbocycles. The summed E-state index contributed by atoms with van der Waals surface area (Å²) in [5, 5.41) is 12.0. The molecule has 1 aromatic heterocycles. The average Bonchev–Trinajstić information content (AvgIpc) is 3.62.